The minimum absolute atomic E-state index is 0. The van der Waals surface area contributed by atoms with Gasteiger partial charge in [0.05, 0.1) is 0 Å². The average molecular weight is 1270 g/mol. The van der Waals surface area contributed by atoms with Gasteiger partial charge in [-0.2, -0.15) is 0 Å². The Hall–Kier alpha value is 3.68. The third-order valence-corrected chi connectivity index (χ3v) is 1.11. The van der Waals surface area contributed by atoms with Crippen LogP contribution >= 0.6 is 0 Å². The van der Waals surface area contributed by atoms with Crippen molar-refractivity contribution in [1.82, 2.24) is 0 Å². The molecule has 0 fully saturated rings. The molecule has 5 N–H and O–H groups in total. The molecular weight excluding hydrogens is 1260 g/mol. The molecule has 0 saturated heterocycles. The van der Waals surface area contributed by atoms with E-state index in [1.54, 1.807) is 0 Å². The van der Waals surface area contributed by atoms with Crippen molar-refractivity contribution in [1.29, 1.82) is 0 Å². The normalized spacial score (nSPS) is 4.95. The van der Waals surface area contributed by atoms with E-state index in [1.165, 1.54) is 0 Å². The number of hydrogen-bond donors (Lipinski definition) is 3. The Kier molecular flexibility index (Phi) is 164. The van der Waals surface area contributed by atoms with Crippen LogP contribution in [0.5, 0.6) is 0 Å². The van der Waals surface area contributed by atoms with Crippen LogP contribution in [0.4, 0.5) is 0 Å². The van der Waals surface area contributed by atoms with E-state index >= 15 is 0 Å². The van der Waals surface area contributed by atoms with Gasteiger partial charge in [0.25, 0.3) is 0 Å². The standard InChI is InChI=1S/4Bi.3GeHO4.H2O.H2.3H/c;;;;3*2-1-4-5-3;;;;;/h;;;;3*3H;1H2;1H;;;/i;;;;;;;;1+1;;;. The summed E-state index contributed by atoms with van der Waals surface area (Å²) in [5.74, 6) is 0. The third kappa shape index (κ3) is 98.9. The van der Waals surface area contributed by atoms with E-state index in [2.05, 4.69) is 26.9 Å². The SMILES string of the molecule is O.[2HH].[BiH2].[BiH].[Bi].[Bi].[O]=[Ge][O]OO.[O]=[Ge][O]OO.[O]=[Ge][O]OO. The van der Waals surface area contributed by atoms with Gasteiger partial charge in [-0.15, -0.1) is 0 Å². The quantitative estimate of drug-likeness (QED) is 0.131. The topological polar surface area (TPSA) is 199 Å². The van der Waals surface area contributed by atoms with Crippen molar-refractivity contribution in [2.75, 3.05) is 0 Å². The second kappa shape index (κ2) is 66.3. The van der Waals surface area contributed by atoms with Crippen molar-refractivity contribution < 1.29 is 60.9 Å². The maximum atomic E-state index is 9.15. The molecule has 0 aromatic rings. The molecule has 0 bridgehead atoms. The Morgan fingerprint density at radius 3 is 0.850 bits per heavy atom. The van der Waals surface area contributed by atoms with Crippen molar-refractivity contribution in [2.45, 2.75) is 0 Å². The van der Waals surface area contributed by atoms with Gasteiger partial charge in [-0.25, -0.2) is 0 Å². The molecule has 0 aliphatic heterocycles. The molecule has 0 saturated carbocycles. The first-order valence-electron chi connectivity index (χ1n) is 2.27. The predicted molar refractivity (Wildman–Crippen MR) is 66.6 cm³/mol. The minimum atomic E-state index is -1.72. The first kappa shape index (κ1) is 49.5. The summed E-state index contributed by atoms with van der Waals surface area (Å²) < 4.78 is 37.8. The van der Waals surface area contributed by atoms with Gasteiger partial charge in [-0.1, -0.05) is 0 Å². The fraction of sp³-hybridized carbons (Fsp3) is 0. The molecule has 0 aliphatic carbocycles. The van der Waals surface area contributed by atoms with Crippen LogP contribution < -0.4 is 0 Å². The van der Waals surface area contributed by atoms with E-state index in [0.29, 0.717) is 0 Å². The monoisotopic (exact) mass is 1280 g/mol. The van der Waals surface area contributed by atoms with Gasteiger partial charge in [-0.05, 0) is 0 Å². The summed E-state index contributed by atoms with van der Waals surface area (Å²) in [5.41, 5.74) is 0. The first-order valence-corrected chi connectivity index (χ1v) is 7.41. The van der Waals surface area contributed by atoms with Crippen LogP contribution in [0.25, 0.3) is 0 Å². The first-order chi connectivity index (χ1) is 7.24. The van der Waals surface area contributed by atoms with Crippen molar-refractivity contribution in [3.63, 3.8) is 0 Å². The summed E-state index contributed by atoms with van der Waals surface area (Å²) in [6.45, 7) is 0. The van der Waals surface area contributed by atoms with Crippen molar-refractivity contribution in [3.8, 4) is 0 Å². The number of rotatable bonds is 6. The van der Waals surface area contributed by atoms with Crippen LogP contribution in [0, 0.1) is 0 Å². The van der Waals surface area contributed by atoms with Crippen LogP contribution in [0.1, 0.15) is 1.43 Å². The molecule has 120 valence electrons. The van der Waals surface area contributed by atoms with Crippen LogP contribution in [0.15, 0.2) is 0 Å². The summed E-state index contributed by atoms with van der Waals surface area (Å²) >= 11 is -5.15. The summed E-state index contributed by atoms with van der Waals surface area (Å²) in [6.07, 6.45) is 0. The molecule has 0 aliphatic rings. The molecule has 0 amide bonds. The zero-order chi connectivity index (χ0) is 12.4. The molecule has 0 rings (SSSR count). The summed E-state index contributed by atoms with van der Waals surface area (Å²) in [4.78, 5) is 0. The van der Waals surface area contributed by atoms with Gasteiger partial charge in [-0.3, -0.25) is 0 Å². The average Bonchev–Trinajstić information content (AvgIpc) is 2.23. The predicted octanol–water partition coefficient (Wildman–Crippen LogP) is -4.79. The van der Waals surface area contributed by atoms with Crippen molar-refractivity contribution in [2.24, 2.45) is 0 Å². The van der Waals surface area contributed by atoms with Crippen molar-refractivity contribution in [3.05, 3.63) is 0 Å². The van der Waals surface area contributed by atoms with Crippen LogP contribution in [0.2, 0.25) is 0 Å². The molecule has 0 heterocycles. The van der Waals surface area contributed by atoms with Gasteiger partial charge in [0.15, 0.2) is 0 Å². The van der Waals surface area contributed by atoms with Gasteiger partial charge in [0.1, 0.15) is 0 Å². The molecule has 0 aromatic heterocycles. The molecule has 0 unspecified atom stereocenters. The molecule has 0 spiro atoms. The van der Waals surface area contributed by atoms with E-state index in [9.17, 15) is 0 Å². The molecule has 20 heteroatoms. The van der Waals surface area contributed by atoms with E-state index in [-0.39, 0.29) is 112 Å². The van der Waals surface area contributed by atoms with Crippen LogP contribution in [-0.2, 0) is 38.2 Å². The van der Waals surface area contributed by atoms with E-state index in [4.69, 9.17) is 27.1 Å². The summed E-state index contributed by atoms with van der Waals surface area (Å²) in [5, 5.41) is 30.3. The number of hydrogen-bond acceptors (Lipinski definition) is 12. The van der Waals surface area contributed by atoms with E-state index in [1.807, 2.05) is 0 Å². The second-order valence-corrected chi connectivity index (χ2v) is 2.82. The van der Waals surface area contributed by atoms with E-state index < -0.39 is 47.1 Å². The van der Waals surface area contributed by atoms with E-state index in [0.717, 1.165) is 0 Å². The molecule has 13 nitrogen and oxygen atoms in total. The Bertz CT molecular complexity index is 119. The van der Waals surface area contributed by atoms with Gasteiger partial charge < -0.3 is 5.48 Å². The van der Waals surface area contributed by atoms with Gasteiger partial charge in [0.2, 0.25) is 0 Å². The maximum absolute atomic E-state index is 9.15. The molecule has 12 radical (unpaired) electrons. The Labute approximate surface area is 209 Å². The molecule has 0 atom stereocenters. The van der Waals surface area contributed by atoms with Gasteiger partial charge >= 0.3 is 153 Å². The van der Waals surface area contributed by atoms with Crippen LogP contribution in [-0.4, -0.2) is 173 Å². The fourth-order valence-corrected chi connectivity index (χ4v) is 0.237. The molecule has 0 aromatic carbocycles. The second-order valence-electron chi connectivity index (χ2n) is 0.724. The zero-order valence-electron chi connectivity index (χ0n) is 8.99. The molecular formula is H10Bi4Ge3O13. The summed E-state index contributed by atoms with van der Waals surface area (Å²) in [7, 11) is 0. The van der Waals surface area contributed by atoms with Gasteiger partial charge in [0, 0.05) is 53.8 Å². The molecule has 20 heavy (non-hydrogen) atoms. The van der Waals surface area contributed by atoms with Crippen molar-refractivity contribution >= 4 is 152 Å². The van der Waals surface area contributed by atoms with Crippen LogP contribution in [0.3, 0.4) is 0 Å². The third-order valence-electron chi connectivity index (χ3n) is 0.214. The Balaban J connectivity index is -0.0000000129. The zero-order valence-corrected chi connectivity index (χ0v) is 30.6. The Morgan fingerprint density at radius 1 is 0.700 bits per heavy atom. The fourth-order valence-electron chi connectivity index (χ4n) is 0.0456. The summed E-state index contributed by atoms with van der Waals surface area (Å²) in [6, 6.07) is 0. The Morgan fingerprint density at radius 2 is 0.850 bits per heavy atom.